The minimum atomic E-state index is -0.490. The number of halogens is 1. The fourth-order valence-electron chi connectivity index (χ4n) is 1.70. The third-order valence-electron chi connectivity index (χ3n) is 2.19. The summed E-state index contributed by atoms with van der Waals surface area (Å²) in [4.78, 5) is 1.15. The van der Waals surface area contributed by atoms with Gasteiger partial charge in [-0.25, -0.2) is 0 Å². The minimum absolute atomic E-state index is 0.0266. The first kappa shape index (κ1) is 10.6. The van der Waals surface area contributed by atoms with Crippen molar-refractivity contribution in [3.05, 3.63) is 23.1 Å². The van der Waals surface area contributed by atoms with E-state index >= 15 is 0 Å². The second-order valence-corrected chi connectivity index (χ2v) is 5.36. The summed E-state index contributed by atoms with van der Waals surface area (Å²) in [6.07, 6.45) is 6.14. The monoisotopic (exact) mass is 232 g/mol. The minimum Gasteiger partial charge on any atom is -0.340 e. The lowest BCUT2D eigenvalue weighted by Gasteiger charge is -2.19. The van der Waals surface area contributed by atoms with Crippen LogP contribution in [-0.4, -0.2) is 23.2 Å². The first-order valence-corrected chi connectivity index (χ1v) is 6.07. The third-order valence-corrected chi connectivity index (χ3v) is 3.33. The van der Waals surface area contributed by atoms with Crippen molar-refractivity contribution in [3.8, 4) is 0 Å². The van der Waals surface area contributed by atoms with Gasteiger partial charge in [0.15, 0.2) is 5.79 Å². The second kappa shape index (κ2) is 3.89. The zero-order valence-electron chi connectivity index (χ0n) is 8.20. The summed E-state index contributed by atoms with van der Waals surface area (Å²) in [5, 5.41) is 0.548. The van der Waals surface area contributed by atoms with Crippen LogP contribution in [0, 0.1) is 0 Å². The van der Waals surface area contributed by atoms with E-state index in [-0.39, 0.29) is 12.2 Å². The highest BCUT2D eigenvalue weighted by molar-refractivity contribution is 8.04. The van der Waals surface area contributed by atoms with Gasteiger partial charge in [0.2, 0.25) is 0 Å². The largest absolute Gasteiger partial charge is 0.340 e. The highest BCUT2D eigenvalue weighted by Gasteiger charge is 2.42. The number of thioether (sulfide) groups is 1. The second-order valence-electron chi connectivity index (χ2n) is 3.73. The molecule has 1 heterocycles. The maximum absolute atomic E-state index is 5.80. The van der Waals surface area contributed by atoms with Crippen LogP contribution in [0.3, 0.4) is 0 Å². The lowest BCUT2D eigenvalue weighted by atomic mass is 10.1. The van der Waals surface area contributed by atoms with Crippen LogP contribution in [0.15, 0.2) is 23.1 Å². The smallest absolute Gasteiger partial charge is 0.164 e. The van der Waals surface area contributed by atoms with Gasteiger partial charge in [-0.05, 0) is 13.8 Å². The van der Waals surface area contributed by atoms with E-state index in [4.69, 9.17) is 21.1 Å². The molecule has 1 aliphatic heterocycles. The molecule has 78 valence electrons. The van der Waals surface area contributed by atoms with E-state index in [0.717, 1.165) is 4.91 Å². The number of rotatable bonds is 2. The van der Waals surface area contributed by atoms with Gasteiger partial charge in [0.05, 0.1) is 5.21 Å². The molecule has 1 fully saturated rings. The Morgan fingerprint density at radius 2 is 2.29 bits per heavy atom. The van der Waals surface area contributed by atoms with Crippen molar-refractivity contribution in [1.82, 2.24) is 0 Å². The summed E-state index contributed by atoms with van der Waals surface area (Å²) >= 11 is 7.30. The maximum Gasteiger partial charge on any atom is 0.164 e. The topological polar surface area (TPSA) is 18.5 Å². The molecule has 0 aromatic heterocycles. The van der Waals surface area contributed by atoms with Gasteiger partial charge in [0.25, 0.3) is 0 Å². The van der Waals surface area contributed by atoms with Crippen LogP contribution in [0.1, 0.15) is 13.8 Å². The molecule has 2 aliphatic rings. The number of hydrogen-bond acceptors (Lipinski definition) is 3. The van der Waals surface area contributed by atoms with Crippen LogP contribution in [0.4, 0.5) is 0 Å². The van der Waals surface area contributed by atoms with Gasteiger partial charge < -0.3 is 9.47 Å². The SMILES string of the molecule is CC1(C)O[C@H]2C=CC=C(SCCl)[C@H]2O1. The molecule has 0 amide bonds. The fourth-order valence-corrected chi connectivity index (χ4v) is 2.72. The molecule has 1 aliphatic carbocycles. The summed E-state index contributed by atoms with van der Waals surface area (Å²) in [5.41, 5.74) is 0. The van der Waals surface area contributed by atoms with Gasteiger partial charge >= 0.3 is 0 Å². The summed E-state index contributed by atoms with van der Waals surface area (Å²) in [7, 11) is 0. The summed E-state index contributed by atoms with van der Waals surface area (Å²) < 4.78 is 11.5. The van der Waals surface area contributed by atoms with Crippen molar-refractivity contribution in [3.63, 3.8) is 0 Å². The molecule has 0 aromatic rings. The fraction of sp³-hybridized carbons (Fsp3) is 0.600. The molecule has 0 unspecified atom stereocenters. The molecule has 0 N–H and O–H groups in total. The van der Waals surface area contributed by atoms with Crippen molar-refractivity contribution in [2.75, 3.05) is 5.21 Å². The highest BCUT2D eigenvalue weighted by atomic mass is 35.5. The van der Waals surface area contributed by atoms with Gasteiger partial charge in [-0.3, -0.25) is 0 Å². The van der Waals surface area contributed by atoms with Crippen LogP contribution >= 0.6 is 23.4 Å². The molecule has 0 bridgehead atoms. The van der Waals surface area contributed by atoms with Gasteiger partial charge in [-0.15, -0.1) is 23.4 Å². The van der Waals surface area contributed by atoms with Crippen LogP contribution in [0.5, 0.6) is 0 Å². The zero-order valence-corrected chi connectivity index (χ0v) is 9.77. The summed E-state index contributed by atoms with van der Waals surface area (Å²) in [6.45, 7) is 3.87. The van der Waals surface area contributed by atoms with Crippen LogP contribution in [0.2, 0.25) is 0 Å². The van der Waals surface area contributed by atoms with Gasteiger partial charge in [0.1, 0.15) is 12.2 Å². The maximum atomic E-state index is 5.80. The van der Waals surface area contributed by atoms with E-state index < -0.39 is 5.79 Å². The Morgan fingerprint density at radius 3 is 3.00 bits per heavy atom. The Labute approximate surface area is 93.3 Å². The number of allylic oxidation sites excluding steroid dienone is 2. The summed E-state index contributed by atoms with van der Waals surface area (Å²) in [5.74, 6) is -0.490. The molecule has 0 radical (unpaired) electrons. The normalized spacial score (nSPS) is 34.1. The predicted octanol–water partition coefficient (Wildman–Crippen LogP) is 2.89. The summed E-state index contributed by atoms with van der Waals surface area (Å²) in [6, 6.07) is 0. The van der Waals surface area contributed by atoms with E-state index in [1.54, 1.807) is 11.8 Å². The van der Waals surface area contributed by atoms with Gasteiger partial charge in [-0.1, -0.05) is 18.2 Å². The standard InChI is InChI=1S/C10H13ClO2S/c1-10(2)12-7-4-3-5-8(14-6-11)9(7)13-10/h3-5,7,9H,6H2,1-2H3/t7-,9-/m0/s1. The van der Waals surface area contributed by atoms with Crippen LogP contribution in [0.25, 0.3) is 0 Å². The Kier molecular flexibility index (Phi) is 2.93. The van der Waals surface area contributed by atoms with Crippen molar-refractivity contribution in [1.29, 1.82) is 0 Å². The molecule has 2 nitrogen and oxygen atoms in total. The lowest BCUT2D eigenvalue weighted by Crippen LogP contribution is -2.23. The molecule has 0 spiro atoms. The quantitative estimate of drug-likeness (QED) is 0.683. The Bertz CT molecular complexity index is 286. The Morgan fingerprint density at radius 1 is 1.50 bits per heavy atom. The van der Waals surface area contributed by atoms with Gasteiger partial charge in [-0.2, -0.15) is 0 Å². The zero-order chi connectivity index (χ0) is 10.2. The first-order chi connectivity index (χ1) is 6.62. The van der Waals surface area contributed by atoms with E-state index in [9.17, 15) is 0 Å². The first-order valence-electron chi connectivity index (χ1n) is 4.55. The third kappa shape index (κ3) is 2.01. The van der Waals surface area contributed by atoms with Crippen LogP contribution < -0.4 is 0 Å². The molecule has 2 atom stereocenters. The highest BCUT2D eigenvalue weighted by Crippen LogP contribution is 2.38. The number of hydrogen-bond donors (Lipinski definition) is 0. The number of alkyl halides is 1. The van der Waals surface area contributed by atoms with E-state index in [2.05, 4.69) is 0 Å². The predicted molar refractivity (Wildman–Crippen MR) is 59.4 cm³/mol. The Hall–Kier alpha value is 0.0400. The van der Waals surface area contributed by atoms with Gasteiger partial charge in [0, 0.05) is 4.91 Å². The molecule has 2 rings (SSSR count). The molecule has 1 saturated heterocycles. The molecular formula is C10H13ClO2S. The average Bonchev–Trinajstić information content (AvgIpc) is 2.41. The van der Waals surface area contributed by atoms with Crippen LogP contribution in [-0.2, 0) is 9.47 Å². The van der Waals surface area contributed by atoms with Crippen molar-refractivity contribution >= 4 is 23.4 Å². The van der Waals surface area contributed by atoms with E-state index in [1.807, 2.05) is 32.1 Å². The van der Waals surface area contributed by atoms with Crippen molar-refractivity contribution in [2.24, 2.45) is 0 Å². The van der Waals surface area contributed by atoms with E-state index in [0.29, 0.717) is 5.21 Å². The molecule has 0 saturated carbocycles. The van der Waals surface area contributed by atoms with Crippen molar-refractivity contribution in [2.45, 2.75) is 31.8 Å². The molecule has 4 heteroatoms. The Balaban J connectivity index is 2.15. The van der Waals surface area contributed by atoms with Crippen molar-refractivity contribution < 1.29 is 9.47 Å². The van der Waals surface area contributed by atoms with E-state index in [1.165, 1.54) is 0 Å². The number of fused-ring (bicyclic) bond motifs is 1. The lowest BCUT2D eigenvalue weighted by molar-refractivity contribution is -0.139. The average molecular weight is 233 g/mol. The molecule has 14 heavy (non-hydrogen) atoms. The molecule has 0 aromatic carbocycles. The number of ether oxygens (including phenoxy) is 2. The molecular weight excluding hydrogens is 220 g/mol.